The van der Waals surface area contributed by atoms with Crippen molar-refractivity contribution in [1.29, 1.82) is 0 Å². The molecule has 1 aromatic carbocycles. The number of nitrogens with zero attached hydrogens (tertiary/aromatic N) is 1. The molecule has 0 unspecified atom stereocenters. The molecule has 0 saturated heterocycles. The molecular weight excluding hydrogens is 227 g/mol. The molecule has 1 heterocycles. The molecule has 2 nitrogen and oxygen atoms in total. The van der Waals surface area contributed by atoms with Gasteiger partial charge in [-0.15, -0.1) is 0 Å². The minimum atomic E-state index is -0.231. The highest BCUT2D eigenvalue weighted by Gasteiger charge is 2.24. The Morgan fingerprint density at radius 3 is 2.44 bits per heavy atom. The molecule has 2 aromatic rings. The second-order valence-electron chi connectivity index (χ2n) is 4.79. The maximum absolute atomic E-state index is 12.9. The quantitative estimate of drug-likeness (QED) is 0.871. The SMILES string of the molecule is Nc1c(-c2ccc(F)cc2)ccnc1C1CCC1. The molecule has 3 heteroatoms. The summed E-state index contributed by atoms with van der Waals surface area (Å²) >= 11 is 0. The predicted octanol–water partition coefficient (Wildman–Crippen LogP) is 3.74. The second-order valence-corrected chi connectivity index (χ2v) is 4.79. The lowest BCUT2D eigenvalue weighted by molar-refractivity contribution is 0.412. The zero-order chi connectivity index (χ0) is 12.5. The largest absolute Gasteiger partial charge is 0.397 e. The second kappa shape index (κ2) is 4.41. The van der Waals surface area contributed by atoms with Crippen LogP contribution < -0.4 is 5.73 Å². The van der Waals surface area contributed by atoms with Gasteiger partial charge < -0.3 is 5.73 Å². The zero-order valence-electron chi connectivity index (χ0n) is 10.1. The molecule has 0 amide bonds. The Kier molecular flexibility index (Phi) is 2.74. The molecule has 18 heavy (non-hydrogen) atoms. The first kappa shape index (κ1) is 11.2. The number of hydrogen-bond donors (Lipinski definition) is 1. The van der Waals surface area contributed by atoms with E-state index >= 15 is 0 Å². The monoisotopic (exact) mass is 242 g/mol. The Hall–Kier alpha value is -1.90. The average Bonchev–Trinajstić information content (AvgIpc) is 2.31. The van der Waals surface area contributed by atoms with E-state index in [4.69, 9.17) is 5.73 Å². The van der Waals surface area contributed by atoms with Gasteiger partial charge in [0.2, 0.25) is 0 Å². The van der Waals surface area contributed by atoms with Gasteiger partial charge in [0.1, 0.15) is 5.82 Å². The van der Waals surface area contributed by atoms with Gasteiger partial charge in [0, 0.05) is 17.7 Å². The van der Waals surface area contributed by atoms with Gasteiger partial charge in [-0.1, -0.05) is 18.6 Å². The lowest BCUT2D eigenvalue weighted by Gasteiger charge is -2.26. The molecule has 1 aliphatic carbocycles. The summed E-state index contributed by atoms with van der Waals surface area (Å²) < 4.78 is 12.9. The van der Waals surface area contributed by atoms with Crippen molar-refractivity contribution in [3.05, 3.63) is 48.0 Å². The minimum Gasteiger partial charge on any atom is -0.397 e. The molecule has 3 rings (SSSR count). The number of nitrogen functional groups attached to an aromatic ring is 1. The van der Waals surface area contributed by atoms with Gasteiger partial charge in [0.15, 0.2) is 0 Å². The van der Waals surface area contributed by atoms with Crippen molar-refractivity contribution in [2.45, 2.75) is 25.2 Å². The Morgan fingerprint density at radius 2 is 1.83 bits per heavy atom. The van der Waals surface area contributed by atoms with Gasteiger partial charge in [-0.3, -0.25) is 4.98 Å². The molecule has 1 fully saturated rings. The number of anilines is 1. The maximum atomic E-state index is 12.9. The maximum Gasteiger partial charge on any atom is 0.123 e. The summed E-state index contributed by atoms with van der Waals surface area (Å²) in [5.74, 6) is 0.274. The Labute approximate surface area is 106 Å². The molecule has 1 aromatic heterocycles. The van der Waals surface area contributed by atoms with Gasteiger partial charge in [-0.05, 0) is 36.6 Å². The fraction of sp³-hybridized carbons (Fsp3) is 0.267. The van der Waals surface area contributed by atoms with Crippen molar-refractivity contribution < 1.29 is 4.39 Å². The highest BCUT2D eigenvalue weighted by atomic mass is 19.1. The van der Waals surface area contributed by atoms with Crippen LogP contribution in [0, 0.1) is 5.82 Å². The van der Waals surface area contributed by atoms with E-state index in [2.05, 4.69) is 4.98 Å². The van der Waals surface area contributed by atoms with Crippen LogP contribution in [0.4, 0.5) is 10.1 Å². The molecule has 2 N–H and O–H groups in total. The van der Waals surface area contributed by atoms with Gasteiger partial charge >= 0.3 is 0 Å². The third-order valence-electron chi connectivity index (χ3n) is 3.67. The van der Waals surface area contributed by atoms with Crippen LogP contribution in [0.5, 0.6) is 0 Å². The number of benzene rings is 1. The van der Waals surface area contributed by atoms with Crippen LogP contribution >= 0.6 is 0 Å². The molecule has 0 spiro atoms. The Balaban J connectivity index is 2.03. The summed E-state index contributed by atoms with van der Waals surface area (Å²) in [5.41, 5.74) is 9.85. The van der Waals surface area contributed by atoms with Crippen molar-refractivity contribution in [2.75, 3.05) is 5.73 Å². The van der Waals surface area contributed by atoms with E-state index in [1.54, 1.807) is 18.3 Å². The number of rotatable bonds is 2. The first-order valence-electron chi connectivity index (χ1n) is 6.26. The Morgan fingerprint density at radius 1 is 1.11 bits per heavy atom. The van der Waals surface area contributed by atoms with Crippen LogP contribution in [0.1, 0.15) is 30.9 Å². The topological polar surface area (TPSA) is 38.9 Å². The van der Waals surface area contributed by atoms with Crippen LogP contribution in [0.2, 0.25) is 0 Å². The van der Waals surface area contributed by atoms with Crippen molar-refractivity contribution in [1.82, 2.24) is 4.98 Å². The molecule has 0 aliphatic heterocycles. The van der Waals surface area contributed by atoms with Gasteiger partial charge in [0.25, 0.3) is 0 Å². The number of hydrogen-bond acceptors (Lipinski definition) is 2. The normalized spacial score (nSPS) is 15.4. The molecule has 0 bridgehead atoms. The fourth-order valence-corrected chi connectivity index (χ4v) is 2.38. The molecule has 1 saturated carbocycles. The van der Waals surface area contributed by atoms with Crippen LogP contribution in [0.25, 0.3) is 11.1 Å². The van der Waals surface area contributed by atoms with E-state index in [9.17, 15) is 4.39 Å². The first-order valence-corrected chi connectivity index (χ1v) is 6.26. The molecule has 92 valence electrons. The van der Waals surface area contributed by atoms with Crippen LogP contribution in [0.3, 0.4) is 0 Å². The highest BCUT2D eigenvalue weighted by Crippen LogP contribution is 2.40. The summed E-state index contributed by atoms with van der Waals surface area (Å²) in [6.07, 6.45) is 5.39. The lowest BCUT2D eigenvalue weighted by Crippen LogP contribution is -2.13. The molecule has 0 atom stereocenters. The summed E-state index contributed by atoms with van der Waals surface area (Å²) in [5, 5.41) is 0. The first-order chi connectivity index (χ1) is 8.75. The van der Waals surface area contributed by atoms with Crippen molar-refractivity contribution >= 4 is 5.69 Å². The number of nitrogens with two attached hydrogens (primary N) is 1. The standard InChI is InChI=1S/C15H15FN2/c16-12-6-4-10(5-7-12)13-8-9-18-15(14(13)17)11-2-1-3-11/h4-9,11H,1-3,17H2. The van der Waals surface area contributed by atoms with E-state index in [0.717, 1.165) is 22.5 Å². The average molecular weight is 242 g/mol. The van der Waals surface area contributed by atoms with Crippen LogP contribution in [0.15, 0.2) is 36.5 Å². The van der Waals surface area contributed by atoms with E-state index in [1.807, 2.05) is 6.07 Å². The highest BCUT2D eigenvalue weighted by molar-refractivity contribution is 5.77. The van der Waals surface area contributed by atoms with E-state index in [0.29, 0.717) is 5.92 Å². The van der Waals surface area contributed by atoms with Crippen LogP contribution in [-0.2, 0) is 0 Å². The summed E-state index contributed by atoms with van der Waals surface area (Å²) in [7, 11) is 0. The van der Waals surface area contributed by atoms with Gasteiger partial charge in [-0.2, -0.15) is 0 Å². The van der Waals surface area contributed by atoms with Crippen molar-refractivity contribution in [3.63, 3.8) is 0 Å². The number of pyridine rings is 1. The predicted molar refractivity (Wildman–Crippen MR) is 70.6 cm³/mol. The lowest BCUT2D eigenvalue weighted by atomic mass is 9.81. The van der Waals surface area contributed by atoms with E-state index in [-0.39, 0.29) is 5.82 Å². The van der Waals surface area contributed by atoms with Gasteiger partial charge in [-0.25, -0.2) is 4.39 Å². The molecule has 1 aliphatic rings. The summed E-state index contributed by atoms with van der Waals surface area (Å²) in [4.78, 5) is 4.40. The van der Waals surface area contributed by atoms with E-state index < -0.39 is 0 Å². The van der Waals surface area contributed by atoms with Crippen LogP contribution in [-0.4, -0.2) is 4.98 Å². The summed E-state index contributed by atoms with van der Waals surface area (Å²) in [6, 6.07) is 8.32. The smallest absolute Gasteiger partial charge is 0.123 e. The van der Waals surface area contributed by atoms with E-state index in [1.165, 1.54) is 31.4 Å². The third kappa shape index (κ3) is 1.86. The number of aromatic nitrogens is 1. The van der Waals surface area contributed by atoms with Crippen molar-refractivity contribution in [2.24, 2.45) is 0 Å². The fourth-order valence-electron chi connectivity index (χ4n) is 2.38. The summed E-state index contributed by atoms with van der Waals surface area (Å²) in [6.45, 7) is 0. The third-order valence-corrected chi connectivity index (χ3v) is 3.67. The number of halogens is 1. The Bertz CT molecular complexity index is 559. The zero-order valence-corrected chi connectivity index (χ0v) is 10.1. The molecular formula is C15H15FN2. The van der Waals surface area contributed by atoms with Crippen molar-refractivity contribution in [3.8, 4) is 11.1 Å². The minimum absolute atomic E-state index is 0.231. The van der Waals surface area contributed by atoms with Gasteiger partial charge in [0.05, 0.1) is 11.4 Å². The molecule has 0 radical (unpaired) electrons.